The van der Waals surface area contributed by atoms with Crippen LogP contribution in [0.3, 0.4) is 0 Å². The maximum atomic E-state index is 12.4. The molecule has 0 radical (unpaired) electrons. The molecule has 6 nitrogen and oxygen atoms in total. The first-order valence-corrected chi connectivity index (χ1v) is 9.70. The lowest BCUT2D eigenvalue weighted by Crippen LogP contribution is -2.16. The lowest BCUT2D eigenvalue weighted by atomic mass is 10.0. The van der Waals surface area contributed by atoms with Crippen LogP contribution in [0.4, 0.5) is 22.7 Å². The standard InChI is InChI=1S/C24H26N4O2/c1-15-11-17(25)3-9-21(15)23(29)13-27-19-5-7-20(8-6-19)28-14-24(30)22-10-4-18(26)12-16(22)2/h3-12,27-28H,13-14,25-26H2,1-2H3. The van der Waals surface area contributed by atoms with Gasteiger partial charge in [0.05, 0.1) is 13.1 Å². The lowest BCUT2D eigenvalue weighted by molar-refractivity contribution is 0.0997. The maximum Gasteiger partial charge on any atom is 0.182 e. The van der Waals surface area contributed by atoms with Gasteiger partial charge in [-0.25, -0.2) is 0 Å². The van der Waals surface area contributed by atoms with Crippen LogP contribution in [-0.4, -0.2) is 24.7 Å². The predicted octanol–water partition coefficient (Wildman–Crippen LogP) is 4.06. The average molecular weight is 402 g/mol. The van der Waals surface area contributed by atoms with Crippen LogP contribution in [0.15, 0.2) is 60.7 Å². The van der Waals surface area contributed by atoms with Gasteiger partial charge in [0.15, 0.2) is 11.6 Å². The van der Waals surface area contributed by atoms with Crippen molar-refractivity contribution in [3.8, 4) is 0 Å². The van der Waals surface area contributed by atoms with Crippen LogP contribution in [0.25, 0.3) is 0 Å². The SMILES string of the molecule is Cc1cc(N)ccc1C(=O)CNc1ccc(NCC(=O)c2ccc(N)cc2C)cc1. The number of nitrogen functional groups attached to an aromatic ring is 2. The Balaban J connectivity index is 1.53. The number of benzene rings is 3. The van der Waals surface area contributed by atoms with Gasteiger partial charge in [0, 0.05) is 33.9 Å². The number of nitrogens with two attached hydrogens (primary N) is 2. The molecule has 3 aromatic carbocycles. The van der Waals surface area contributed by atoms with Crippen LogP contribution in [0.5, 0.6) is 0 Å². The minimum absolute atomic E-state index is 0.000772. The summed E-state index contributed by atoms with van der Waals surface area (Å²) in [4.78, 5) is 24.8. The van der Waals surface area contributed by atoms with E-state index in [1.807, 2.05) is 38.1 Å². The molecule has 0 bridgehead atoms. The number of Topliss-reactive ketones (excluding diaryl/α,β-unsaturated/α-hetero) is 2. The zero-order chi connectivity index (χ0) is 21.7. The van der Waals surface area contributed by atoms with E-state index in [1.54, 1.807) is 36.4 Å². The molecule has 154 valence electrons. The van der Waals surface area contributed by atoms with Crippen molar-refractivity contribution in [3.05, 3.63) is 82.9 Å². The Hall–Kier alpha value is -3.80. The first-order valence-electron chi connectivity index (χ1n) is 9.70. The number of anilines is 4. The van der Waals surface area contributed by atoms with E-state index in [1.165, 1.54) is 0 Å². The second-order valence-corrected chi connectivity index (χ2v) is 7.28. The number of carbonyl (C=O) groups is 2. The fraction of sp³-hybridized carbons (Fsp3) is 0.167. The minimum Gasteiger partial charge on any atom is -0.399 e. The highest BCUT2D eigenvalue weighted by Crippen LogP contribution is 2.17. The molecule has 0 aliphatic rings. The van der Waals surface area contributed by atoms with Gasteiger partial charge in [0.25, 0.3) is 0 Å². The van der Waals surface area contributed by atoms with Crippen LogP contribution in [0, 0.1) is 13.8 Å². The molecule has 3 rings (SSSR count). The summed E-state index contributed by atoms with van der Waals surface area (Å²) in [5.74, 6) is -0.00154. The Bertz CT molecular complexity index is 989. The van der Waals surface area contributed by atoms with Crippen molar-refractivity contribution in [2.24, 2.45) is 0 Å². The minimum atomic E-state index is -0.000772. The Morgan fingerprint density at radius 3 is 1.37 bits per heavy atom. The lowest BCUT2D eigenvalue weighted by Gasteiger charge is -2.11. The number of nitrogens with one attached hydrogen (secondary N) is 2. The highest BCUT2D eigenvalue weighted by molar-refractivity contribution is 6.01. The first-order chi connectivity index (χ1) is 14.3. The second kappa shape index (κ2) is 9.13. The first kappa shape index (κ1) is 20.9. The van der Waals surface area contributed by atoms with Crippen LogP contribution in [0.2, 0.25) is 0 Å². The van der Waals surface area contributed by atoms with Gasteiger partial charge >= 0.3 is 0 Å². The van der Waals surface area contributed by atoms with Gasteiger partial charge in [0.1, 0.15) is 0 Å². The average Bonchev–Trinajstić information content (AvgIpc) is 2.71. The fourth-order valence-electron chi connectivity index (χ4n) is 3.26. The predicted molar refractivity (Wildman–Crippen MR) is 123 cm³/mol. The Labute approximate surface area is 176 Å². The van der Waals surface area contributed by atoms with Crippen LogP contribution in [0.1, 0.15) is 31.8 Å². The quantitative estimate of drug-likeness (QED) is 0.334. The molecule has 0 saturated heterocycles. The third-order valence-corrected chi connectivity index (χ3v) is 4.89. The van der Waals surface area contributed by atoms with Crippen molar-refractivity contribution in [1.29, 1.82) is 0 Å². The van der Waals surface area contributed by atoms with Gasteiger partial charge in [-0.05, 0) is 85.6 Å². The molecule has 6 heteroatoms. The highest BCUT2D eigenvalue weighted by Gasteiger charge is 2.10. The van der Waals surface area contributed by atoms with Crippen LogP contribution < -0.4 is 22.1 Å². The summed E-state index contributed by atoms with van der Waals surface area (Å²) in [6.45, 7) is 4.12. The molecule has 30 heavy (non-hydrogen) atoms. The molecular formula is C24H26N4O2. The van der Waals surface area contributed by atoms with Gasteiger partial charge < -0.3 is 22.1 Å². The molecule has 3 aromatic rings. The number of ketones is 2. The zero-order valence-electron chi connectivity index (χ0n) is 17.2. The van der Waals surface area contributed by atoms with Crippen molar-refractivity contribution < 1.29 is 9.59 Å². The third kappa shape index (κ3) is 5.17. The van der Waals surface area contributed by atoms with Crippen molar-refractivity contribution in [2.75, 3.05) is 35.2 Å². The molecule has 0 atom stereocenters. The fourth-order valence-corrected chi connectivity index (χ4v) is 3.26. The molecular weight excluding hydrogens is 376 g/mol. The third-order valence-electron chi connectivity index (χ3n) is 4.89. The topological polar surface area (TPSA) is 110 Å². The highest BCUT2D eigenvalue weighted by atomic mass is 16.1. The zero-order valence-corrected chi connectivity index (χ0v) is 17.2. The molecule has 0 amide bonds. The summed E-state index contributed by atoms with van der Waals surface area (Å²) in [7, 11) is 0. The summed E-state index contributed by atoms with van der Waals surface area (Å²) in [5.41, 5.74) is 17.5. The van der Waals surface area contributed by atoms with Crippen LogP contribution in [-0.2, 0) is 0 Å². The molecule has 0 aliphatic carbocycles. The van der Waals surface area contributed by atoms with Crippen molar-refractivity contribution in [1.82, 2.24) is 0 Å². The molecule has 0 heterocycles. The normalized spacial score (nSPS) is 10.5. The number of rotatable bonds is 8. The smallest absolute Gasteiger partial charge is 0.182 e. The van der Waals surface area contributed by atoms with E-state index >= 15 is 0 Å². The van der Waals surface area contributed by atoms with Gasteiger partial charge in [0.2, 0.25) is 0 Å². The molecule has 0 unspecified atom stereocenters. The summed E-state index contributed by atoms with van der Waals surface area (Å²) >= 11 is 0. The Kier molecular flexibility index (Phi) is 6.37. The van der Waals surface area contributed by atoms with E-state index in [0.29, 0.717) is 22.5 Å². The van der Waals surface area contributed by atoms with E-state index in [2.05, 4.69) is 10.6 Å². The molecule has 0 aromatic heterocycles. The summed E-state index contributed by atoms with van der Waals surface area (Å²) in [6.07, 6.45) is 0. The Morgan fingerprint density at radius 2 is 1.03 bits per heavy atom. The molecule has 0 aliphatic heterocycles. The van der Waals surface area contributed by atoms with E-state index in [-0.39, 0.29) is 24.7 Å². The number of hydrogen-bond donors (Lipinski definition) is 4. The summed E-state index contributed by atoms with van der Waals surface area (Å²) in [5, 5.41) is 6.26. The van der Waals surface area contributed by atoms with E-state index in [9.17, 15) is 9.59 Å². The maximum absolute atomic E-state index is 12.4. The molecule has 0 fully saturated rings. The van der Waals surface area contributed by atoms with Crippen molar-refractivity contribution in [3.63, 3.8) is 0 Å². The van der Waals surface area contributed by atoms with Crippen molar-refractivity contribution in [2.45, 2.75) is 13.8 Å². The van der Waals surface area contributed by atoms with Gasteiger partial charge in [-0.2, -0.15) is 0 Å². The van der Waals surface area contributed by atoms with Gasteiger partial charge in [-0.3, -0.25) is 9.59 Å². The van der Waals surface area contributed by atoms with Gasteiger partial charge in [-0.1, -0.05) is 0 Å². The number of hydrogen-bond acceptors (Lipinski definition) is 6. The summed E-state index contributed by atoms with van der Waals surface area (Å²) < 4.78 is 0. The number of carbonyl (C=O) groups excluding carboxylic acids is 2. The largest absolute Gasteiger partial charge is 0.399 e. The Morgan fingerprint density at radius 1 is 0.667 bits per heavy atom. The molecule has 0 spiro atoms. The van der Waals surface area contributed by atoms with Crippen LogP contribution >= 0.6 is 0 Å². The second-order valence-electron chi connectivity index (χ2n) is 7.28. The molecule has 6 N–H and O–H groups in total. The van der Waals surface area contributed by atoms with E-state index in [0.717, 1.165) is 22.5 Å². The number of aryl methyl sites for hydroxylation is 2. The van der Waals surface area contributed by atoms with E-state index < -0.39 is 0 Å². The van der Waals surface area contributed by atoms with Gasteiger partial charge in [-0.15, -0.1) is 0 Å². The molecule has 0 saturated carbocycles. The summed E-state index contributed by atoms with van der Waals surface area (Å²) in [6, 6.07) is 18.0. The monoisotopic (exact) mass is 402 g/mol. The van der Waals surface area contributed by atoms with E-state index in [4.69, 9.17) is 11.5 Å². The van der Waals surface area contributed by atoms with Crippen molar-refractivity contribution >= 4 is 34.3 Å².